The quantitative estimate of drug-likeness (QED) is 0.734. The van der Waals surface area contributed by atoms with Crippen LogP contribution in [0.5, 0.6) is 5.75 Å². The Balaban J connectivity index is 1.55. The number of methoxy groups -OCH3 is 1. The van der Waals surface area contributed by atoms with Gasteiger partial charge in [0.25, 0.3) is 10.9 Å². The maximum absolute atomic E-state index is 11.9. The Bertz CT molecular complexity index is 682. The second-order valence-electron chi connectivity index (χ2n) is 7.23. The second-order valence-corrected chi connectivity index (χ2v) is 7.23. The highest BCUT2D eigenvalue weighted by Crippen LogP contribution is 2.43. The summed E-state index contributed by atoms with van der Waals surface area (Å²) < 4.78 is 10.3. The van der Waals surface area contributed by atoms with Gasteiger partial charge in [0.05, 0.1) is 7.11 Å². The van der Waals surface area contributed by atoms with E-state index in [1.54, 1.807) is 4.90 Å². The van der Waals surface area contributed by atoms with E-state index >= 15 is 0 Å². The van der Waals surface area contributed by atoms with Crippen molar-refractivity contribution in [2.24, 2.45) is 5.41 Å². The maximum Gasteiger partial charge on any atom is 0.410 e. The minimum absolute atomic E-state index is 0.0155. The molecule has 1 amide bonds. The molecular weight excluding hydrogens is 288 g/mol. The summed E-state index contributed by atoms with van der Waals surface area (Å²) in [5, 5.41) is 0. The van der Waals surface area contributed by atoms with Gasteiger partial charge in [0.1, 0.15) is 11.3 Å². The van der Waals surface area contributed by atoms with E-state index in [-0.39, 0.29) is 17.3 Å². The van der Waals surface area contributed by atoms with E-state index in [0.717, 1.165) is 0 Å². The van der Waals surface area contributed by atoms with Crippen molar-refractivity contribution in [3.8, 4) is 5.75 Å². The summed E-state index contributed by atoms with van der Waals surface area (Å²) in [7, 11) is 1.39. The van der Waals surface area contributed by atoms with Gasteiger partial charge in [-0.05, 0) is 20.8 Å². The molecule has 0 aliphatic carbocycles. The molecule has 1 spiro atoms. The van der Waals surface area contributed by atoms with E-state index in [0.29, 0.717) is 31.9 Å². The van der Waals surface area contributed by atoms with Crippen LogP contribution in [-0.4, -0.2) is 49.9 Å². The van der Waals surface area contributed by atoms with E-state index in [4.69, 9.17) is 9.47 Å². The summed E-state index contributed by atoms with van der Waals surface area (Å²) in [5.74, 6) is 0.156. The molecule has 1 aromatic rings. The molecule has 0 atom stereocenters. The molecule has 0 aromatic heterocycles. The number of nitrogens with zero attached hydrogens (tertiary/aromatic N) is 2. The van der Waals surface area contributed by atoms with E-state index in [1.807, 2.05) is 25.7 Å². The lowest BCUT2D eigenvalue weighted by atomic mass is 9.72. The topological polar surface area (TPSA) is 76.2 Å². The summed E-state index contributed by atoms with van der Waals surface area (Å²) in [6, 6.07) is 0. The summed E-state index contributed by atoms with van der Waals surface area (Å²) >= 11 is 0. The van der Waals surface area contributed by atoms with Crippen LogP contribution in [0.4, 0.5) is 10.5 Å². The number of likely N-dealkylation sites (tertiary alicyclic amines) is 1. The molecule has 0 bridgehead atoms. The summed E-state index contributed by atoms with van der Waals surface area (Å²) in [6.45, 7) is 8.07. The van der Waals surface area contributed by atoms with Gasteiger partial charge in [-0.15, -0.1) is 0 Å². The average molecular weight is 308 g/mol. The predicted molar refractivity (Wildman–Crippen MR) is 80.4 cm³/mol. The number of rotatable bonds is 2. The van der Waals surface area contributed by atoms with Crippen molar-refractivity contribution in [1.29, 1.82) is 0 Å². The molecule has 7 nitrogen and oxygen atoms in total. The van der Waals surface area contributed by atoms with Crippen molar-refractivity contribution in [3.63, 3.8) is 0 Å². The van der Waals surface area contributed by atoms with Gasteiger partial charge in [-0.1, -0.05) is 0 Å². The third-order valence-corrected chi connectivity index (χ3v) is 4.12. The monoisotopic (exact) mass is 308 g/mol. The minimum Gasteiger partial charge on any atom is -0.491 e. The van der Waals surface area contributed by atoms with Crippen LogP contribution < -0.4 is 20.5 Å². The van der Waals surface area contributed by atoms with Crippen LogP contribution in [0.15, 0.2) is 9.59 Å². The number of ether oxygens (including phenoxy) is 2. The zero-order valence-corrected chi connectivity index (χ0v) is 13.3. The van der Waals surface area contributed by atoms with Gasteiger partial charge in [-0.25, -0.2) is 4.79 Å². The molecular formula is C15H20N2O5. The molecule has 0 radical (unpaired) electrons. The van der Waals surface area contributed by atoms with Gasteiger partial charge >= 0.3 is 6.09 Å². The Kier molecular flexibility index (Phi) is 3.02. The first-order valence-electron chi connectivity index (χ1n) is 7.26. The Morgan fingerprint density at radius 1 is 1.09 bits per heavy atom. The number of anilines is 1. The molecule has 2 fully saturated rings. The summed E-state index contributed by atoms with van der Waals surface area (Å²) in [4.78, 5) is 38.4. The zero-order chi connectivity index (χ0) is 16.3. The Labute approximate surface area is 128 Å². The molecule has 3 rings (SSSR count). The lowest BCUT2D eigenvalue weighted by Crippen LogP contribution is -2.74. The van der Waals surface area contributed by atoms with Crippen molar-refractivity contribution in [3.05, 3.63) is 20.4 Å². The number of hydrogen-bond acceptors (Lipinski definition) is 6. The van der Waals surface area contributed by atoms with Crippen molar-refractivity contribution in [2.45, 2.75) is 26.4 Å². The van der Waals surface area contributed by atoms with Gasteiger partial charge in [0.2, 0.25) is 0 Å². The van der Waals surface area contributed by atoms with Gasteiger partial charge in [-0.2, -0.15) is 0 Å². The highest BCUT2D eigenvalue weighted by atomic mass is 16.6. The van der Waals surface area contributed by atoms with Gasteiger partial charge in [0, 0.05) is 31.6 Å². The summed E-state index contributed by atoms with van der Waals surface area (Å²) in [5.41, 5.74) is -1.13. The molecule has 22 heavy (non-hydrogen) atoms. The zero-order valence-electron chi connectivity index (χ0n) is 13.3. The Hall–Kier alpha value is -2.05. The van der Waals surface area contributed by atoms with Crippen LogP contribution in [0.2, 0.25) is 0 Å². The molecule has 7 heteroatoms. The van der Waals surface area contributed by atoms with Gasteiger partial charge < -0.3 is 19.3 Å². The van der Waals surface area contributed by atoms with E-state index in [9.17, 15) is 14.4 Å². The van der Waals surface area contributed by atoms with Crippen molar-refractivity contribution in [1.82, 2.24) is 4.90 Å². The second kappa shape index (κ2) is 4.47. The fraction of sp³-hybridized carbons (Fsp3) is 0.667. The normalized spacial score (nSPS) is 19.8. The first kappa shape index (κ1) is 14.9. The first-order chi connectivity index (χ1) is 10.2. The molecule has 1 aromatic carbocycles. The van der Waals surface area contributed by atoms with Gasteiger partial charge in [0.15, 0.2) is 5.75 Å². The molecule has 2 heterocycles. The lowest BCUT2D eigenvalue weighted by molar-refractivity contribution is -0.0455. The van der Waals surface area contributed by atoms with Crippen LogP contribution >= 0.6 is 0 Å². The van der Waals surface area contributed by atoms with Crippen molar-refractivity contribution in [2.75, 3.05) is 38.2 Å². The predicted octanol–water partition coefficient (Wildman–Crippen LogP) is 0.348. The van der Waals surface area contributed by atoms with Crippen LogP contribution in [0.25, 0.3) is 0 Å². The molecule has 120 valence electrons. The largest absolute Gasteiger partial charge is 0.491 e. The molecule has 0 saturated carbocycles. The third-order valence-electron chi connectivity index (χ3n) is 4.12. The molecule has 0 N–H and O–H groups in total. The Morgan fingerprint density at radius 2 is 1.68 bits per heavy atom. The number of carbonyl (C=O) groups is 1. The van der Waals surface area contributed by atoms with Gasteiger partial charge in [-0.3, -0.25) is 9.59 Å². The van der Waals surface area contributed by atoms with Crippen LogP contribution in [0.3, 0.4) is 0 Å². The highest BCUT2D eigenvalue weighted by Gasteiger charge is 2.55. The van der Waals surface area contributed by atoms with E-state index in [2.05, 4.69) is 0 Å². The fourth-order valence-corrected chi connectivity index (χ4v) is 3.18. The van der Waals surface area contributed by atoms with E-state index in [1.165, 1.54) is 7.11 Å². The van der Waals surface area contributed by atoms with Crippen LogP contribution in [-0.2, 0) is 4.74 Å². The Morgan fingerprint density at radius 3 is 2.18 bits per heavy atom. The number of hydrogen-bond donors (Lipinski definition) is 0. The van der Waals surface area contributed by atoms with Crippen LogP contribution in [0.1, 0.15) is 20.8 Å². The number of amides is 1. The molecule has 0 unspecified atom stereocenters. The maximum atomic E-state index is 11.9. The summed E-state index contributed by atoms with van der Waals surface area (Å²) in [6.07, 6.45) is -0.303. The molecule has 2 aliphatic heterocycles. The minimum atomic E-state index is -0.553. The molecule has 2 aliphatic rings. The van der Waals surface area contributed by atoms with Crippen molar-refractivity contribution < 1.29 is 14.3 Å². The number of carbonyl (C=O) groups excluding carboxylic acids is 1. The SMILES string of the molecule is COc1c(N2CC3(CN(C(=O)OC(C)(C)C)C3)C2)c(=O)c1=O. The van der Waals surface area contributed by atoms with E-state index < -0.39 is 16.5 Å². The highest BCUT2D eigenvalue weighted by molar-refractivity contribution is 5.71. The molecule has 2 saturated heterocycles. The van der Waals surface area contributed by atoms with Crippen LogP contribution in [0, 0.1) is 5.41 Å². The van der Waals surface area contributed by atoms with Crippen molar-refractivity contribution >= 4 is 11.8 Å². The first-order valence-corrected chi connectivity index (χ1v) is 7.26. The standard InChI is InChI=1S/C15H20N2O5/c1-14(2,3)22-13(20)17-7-15(8-17)5-16(6-15)9-10(18)11(19)12(9)21-4/h5-8H2,1-4H3. The fourth-order valence-electron chi connectivity index (χ4n) is 3.18. The lowest BCUT2D eigenvalue weighted by Gasteiger charge is -2.60. The average Bonchev–Trinajstić information content (AvgIpc) is 2.31. The smallest absolute Gasteiger partial charge is 0.410 e. The third kappa shape index (κ3) is 2.15.